The molecule has 0 bridgehead atoms. The Balaban J connectivity index is 1.84. The minimum absolute atomic E-state index is 0.0113. The van der Waals surface area contributed by atoms with E-state index in [1.54, 1.807) is 4.52 Å². The molecular formula is C14H15N5OS2. The smallest absolute Gasteiger partial charge is 0.217 e. The van der Waals surface area contributed by atoms with Crippen molar-refractivity contribution in [1.29, 1.82) is 0 Å². The third-order valence-electron chi connectivity index (χ3n) is 3.25. The molecule has 0 unspecified atom stereocenters. The number of fused-ring (bicyclic) bond motifs is 1. The van der Waals surface area contributed by atoms with Gasteiger partial charge in [0, 0.05) is 12.5 Å². The highest BCUT2D eigenvalue weighted by molar-refractivity contribution is 7.98. The summed E-state index contributed by atoms with van der Waals surface area (Å²) in [5, 5.41) is 12.7. The van der Waals surface area contributed by atoms with E-state index in [0.717, 1.165) is 38.1 Å². The first-order valence-corrected chi connectivity index (χ1v) is 8.37. The van der Waals surface area contributed by atoms with Gasteiger partial charge in [0.25, 0.3) is 0 Å². The normalized spacial score (nSPS) is 12.5. The maximum atomic E-state index is 11.1. The predicted octanol–water partition coefficient (Wildman–Crippen LogP) is 2.62. The van der Waals surface area contributed by atoms with Gasteiger partial charge in [-0.25, -0.2) is 9.50 Å². The molecule has 0 spiro atoms. The highest BCUT2D eigenvalue weighted by Gasteiger charge is 2.11. The van der Waals surface area contributed by atoms with E-state index < -0.39 is 0 Å². The van der Waals surface area contributed by atoms with Crippen molar-refractivity contribution in [3.63, 3.8) is 0 Å². The molecule has 0 saturated carbocycles. The molecule has 1 amide bonds. The van der Waals surface area contributed by atoms with Crippen LogP contribution in [0, 0.1) is 0 Å². The van der Waals surface area contributed by atoms with Gasteiger partial charge in [-0.15, -0.1) is 5.10 Å². The van der Waals surface area contributed by atoms with Crippen LogP contribution in [0.5, 0.6) is 0 Å². The minimum atomic E-state index is -0.0365. The Hall–Kier alpha value is -1.90. The van der Waals surface area contributed by atoms with E-state index in [1.165, 1.54) is 18.3 Å². The van der Waals surface area contributed by atoms with Gasteiger partial charge in [-0.05, 0) is 24.4 Å². The molecule has 0 saturated heterocycles. The van der Waals surface area contributed by atoms with E-state index in [1.807, 2.05) is 37.4 Å². The van der Waals surface area contributed by atoms with E-state index in [2.05, 4.69) is 15.4 Å². The number of rotatable bonds is 4. The first-order chi connectivity index (χ1) is 10.6. The number of carbonyl (C=O) groups excluding carboxylic acids is 1. The Bertz CT molecular complexity index is 777. The second-order valence-corrected chi connectivity index (χ2v) is 6.72. The number of hydrogen-bond donors (Lipinski definition) is 2. The van der Waals surface area contributed by atoms with Crippen molar-refractivity contribution in [3.05, 3.63) is 36.0 Å². The fraction of sp³-hybridized carbons (Fsp3) is 0.214. The van der Waals surface area contributed by atoms with Crippen molar-refractivity contribution in [2.45, 2.75) is 24.2 Å². The largest absolute Gasteiger partial charge is 0.350 e. The number of amides is 1. The molecule has 6 nitrogen and oxygen atoms in total. The number of aromatic nitrogens is 3. The maximum Gasteiger partial charge on any atom is 0.217 e. The number of nitrogens with two attached hydrogens (primary N) is 1. The van der Waals surface area contributed by atoms with Crippen LogP contribution in [-0.2, 0) is 4.79 Å². The Morgan fingerprint density at radius 3 is 2.73 bits per heavy atom. The van der Waals surface area contributed by atoms with Gasteiger partial charge >= 0.3 is 0 Å². The third kappa shape index (κ3) is 2.99. The van der Waals surface area contributed by atoms with Gasteiger partial charge in [0.1, 0.15) is 0 Å². The molecule has 2 heterocycles. The number of nitrogens with one attached hydrogen (secondary N) is 1. The van der Waals surface area contributed by atoms with Crippen molar-refractivity contribution >= 4 is 34.2 Å². The van der Waals surface area contributed by atoms with Gasteiger partial charge in [-0.2, -0.15) is 0 Å². The molecule has 1 atom stereocenters. The first-order valence-electron chi connectivity index (χ1n) is 6.67. The summed E-state index contributed by atoms with van der Waals surface area (Å²) in [6.45, 7) is 3.47. The summed E-state index contributed by atoms with van der Waals surface area (Å²) in [4.78, 5) is 16.5. The lowest BCUT2D eigenvalue weighted by Crippen LogP contribution is -2.23. The van der Waals surface area contributed by atoms with Crippen LogP contribution in [0.2, 0.25) is 0 Å². The summed E-state index contributed by atoms with van der Waals surface area (Å²) in [7, 11) is 0. The fourth-order valence-corrected chi connectivity index (χ4v) is 3.37. The molecule has 22 heavy (non-hydrogen) atoms. The van der Waals surface area contributed by atoms with Crippen molar-refractivity contribution in [2.24, 2.45) is 5.14 Å². The summed E-state index contributed by atoms with van der Waals surface area (Å²) >= 11 is 2.58. The minimum Gasteiger partial charge on any atom is -0.350 e. The molecular weight excluding hydrogens is 318 g/mol. The number of hydrogen-bond acceptors (Lipinski definition) is 6. The Kier molecular flexibility index (Phi) is 4.14. The molecule has 3 N–H and O–H groups in total. The van der Waals surface area contributed by atoms with Crippen molar-refractivity contribution < 1.29 is 4.79 Å². The number of nitrogens with zero attached hydrogens (tertiary/aromatic N) is 3. The predicted molar refractivity (Wildman–Crippen MR) is 88.6 cm³/mol. The Labute approximate surface area is 135 Å². The summed E-state index contributed by atoms with van der Waals surface area (Å²) in [5.74, 6) is -0.0365. The molecule has 1 aromatic carbocycles. The van der Waals surface area contributed by atoms with Crippen molar-refractivity contribution in [1.82, 2.24) is 19.9 Å². The SMILES string of the molecule is CC(=O)N[C@@H](C)c1ccc(-c2cn3nc(SN)sc3n2)cc1. The number of carbonyl (C=O) groups is 1. The second kappa shape index (κ2) is 6.07. The Morgan fingerprint density at radius 2 is 2.14 bits per heavy atom. The van der Waals surface area contributed by atoms with Crippen LogP contribution in [0.15, 0.2) is 34.8 Å². The lowest BCUT2D eigenvalue weighted by molar-refractivity contribution is -0.119. The van der Waals surface area contributed by atoms with Gasteiger partial charge in [0.15, 0.2) is 4.34 Å². The average molecular weight is 333 g/mol. The van der Waals surface area contributed by atoms with E-state index in [-0.39, 0.29) is 11.9 Å². The molecule has 3 rings (SSSR count). The van der Waals surface area contributed by atoms with E-state index in [9.17, 15) is 4.79 Å². The standard InChI is InChI=1S/C14H15N5OS2/c1-8(16-9(2)20)10-3-5-11(6-4-10)12-7-19-13(17-12)21-14(18-19)22-15/h3-8H,15H2,1-2H3,(H,16,20)/t8-/m0/s1. The molecule has 0 fully saturated rings. The molecule has 0 aliphatic heterocycles. The average Bonchev–Trinajstić information content (AvgIpc) is 3.04. The maximum absolute atomic E-state index is 11.1. The molecule has 3 aromatic rings. The van der Waals surface area contributed by atoms with E-state index >= 15 is 0 Å². The van der Waals surface area contributed by atoms with Crippen LogP contribution in [0.1, 0.15) is 25.5 Å². The molecule has 2 aromatic heterocycles. The zero-order valence-electron chi connectivity index (χ0n) is 12.1. The molecule has 0 aliphatic carbocycles. The van der Waals surface area contributed by atoms with Gasteiger partial charge < -0.3 is 5.32 Å². The van der Waals surface area contributed by atoms with Crippen LogP contribution in [0.4, 0.5) is 0 Å². The second-order valence-electron chi connectivity index (χ2n) is 4.88. The van der Waals surface area contributed by atoms with Crippen molar-refractivity contribution in [3.8, 4) is 11.3 Å². The summed E-state index contributed by atoms with van der Waals surface area (Å²) < 4.78 is 2.52. The summed E-state index contributed by atoms with van der Waals surface area (Å²) in [6, 6.07) is 7.98. The lowest BCUT2D eigenvalue weighted by Gasteiger charge is -2.12. The highest BCUT2D eigenvalue weighted by Crippen LogP contribution is 2.26. The van der Waals surface area contributed by atoms with Gasteiger partial charge in [0.2, 0.25) is 10.9 Å². The molecule has 8 heteroatoms. The monoisotopic (exact) mass is 333 g/mol. The first kappa shape index (κ1) is 15.0. The number of benzene rings is 1. The molecule has 0 aliphatic rings. The number of imidazole rings is 1. The Morgan fingerprint density at radius 1 is 1.41 bits per heavy atom. The molecule has 0 radical (unpaired) electrons. The van der Waals surface area contributed by atoms with E-state index in [0.29, 0.717) is 0 Å². The van der Waals surface area contributed by atoms with Crippen LogP contribution in [0.3, 0.4) is 0 Å². The van der Waals surface area contributed by atoms with Gasteiger partial charge in [-0.3, -0.25) is 9.93 Å². The summed E-state index contributed by atoms with van der Waals surface area (Å²) in [5.41, 5.74) is 2.93. The quantitative estimate of drug-likeness (QED) is 0.717. The van der Waals surface area contributed by atoms with Crippen molar-refractivity contribution in [2.75, 3.05) is 0 Å². The van der Waals surface area contributed by atoms with Crippen LogP contribution in [0.25, 0.3) is 16.2 Å². The van der Waals surface area contributed by atoms with Gasteiger partial charge in [0.05, 0.1) is 17.9 Å². The fourth-order valence-electron chi connectivity index (χ4n) is 2.20. The zero-order chi connectivity index (χ0) is 15.7. The highest BCUT2D eigenvalue weighted by atomic mass is 32.2. The zero-order valence-corrected chi connectivity index (χ0v) is 13.7. The topological polar surface area (TPSA) is 85.3 Å². The van der Waals surface area contributed by atoms with Crippen LogP contribution in [-0.4, -0.2) is 20.5 Å². The lowest BCUT2D eigenvalue weighted by atomic mass is 10.0. The van der Waals surface area contributed by atoms with Gasteiger partial charge in [-0.1, -0.05) is 35.6 Å². The molecule has 114 valence electrons. The third-order valence-corrected chi connectivity index (χ3v) is 4.79. The van der Waals surface area contributed by atoms with Crippen LogP contribution < -0.4 is 10.5 Å². The summed E-state index contributed by atoms with van der Waals surface area (Å²) in [6.07, 6.45) is 1.89. The van der Waals surface area contributed by atoms with E-state index in [4.69, 9.17) is 5.14 Å². The van der Waals surface area contributed by atoms with Crippen LogP contribution >= 0.6 is 23.3 Å².